The SMILES string of the molecule is CNC/C=C/c1ccc(-c2c[nH]c(=O)c3cccc(O)c23)cc1. The lowest BCUT2D eigenvalue weighted by Gasteiger charge is -2.08. The van der Waals surface area contributed by atoms with E-state index in [1.807, 2.05) is 37.4 Å². The minimum atomic E-state index is -0.203. The summed E-state index contributed by atoms with van der Waals surface area (Å²) in [7, 11) is 1.90. The summed E-state index contributed by atoms with van der Waals surface area (Å²) in [5.74, 6) is 0.113. The second-order valence-electron chi connectivity index (χ2n) is 5.31. The zero-order valence-electron chi connectivity index (χ0n) is 12.8. The van der Waals surface area contributed by atoms with Gasteiger partial charge in [0.1, 0.15) is 5.75 Å². The number of hydrogen-bond donors (Lipinski definition) is 3. The van der Waals surface area contributed by atoms with Gasteiger partial charge in [-0.1, -0.05) is 42.5 Å². The third-order valence-electron chi connectivity index (χ3n) is 3.76. The zero-order valence-corrected chi connectivity index (χ0v) is 12.8. The van der Waals surface area contributed by atoms with Crippen LogP contribution in [0.5, 0.6) is 5.75 Å². The molecule has 0 unspecified atom stereocenters. The van der Waals surface area contributed by atoms with Crippen molar-refractivity contribution in [3.8, 4) is 16.9 Å². The summed E-state index contributed by atoms with van der Waals surface area (Å²) in [6.45, 7) is 0.820. The molecule has 1 aromatic heterocycles. The van der Waals surface area contributed by atoms with E-state index in [-0.39, 0.29) is 11.3 Å². The van der Waals surface area contributed by atoms with E-state index in [0.717, 1.165) is 23.2 Å². The van der Waals surface area contributed by atoms with Crippen LogP contribution in [-0.2, 0) is 0 Å². The molecular weight excluding hydrogens is 288 g/mol. The van der Waals surface area contributed by atoms with Gasteiger partial charge in [0.2, 0.25) is 0 Å². The topological polar surface area (TPSA) is 65.1 Å². The van der Waals surface area contributed by atoms with Crippen LogP contribution >= 0.6 is 0 Å². The molecular formula is C19H18N2O2. The minimum Gasteiger partial charge on any atom is -0.507 e. The smallest absolute Gasteiger partial charge is 0.255 e. The maximum Gasteiger partial charge on any atom is 0.255 e. The van der Waals surface area contributed by atoms with E-state index in [4.69, 9.17) is 0 Å². The number of phenols is 1. The number of pyridine rings is 1. The van der Waals surface area contributed by atoms with Crippen molar-refractivity contribution in [2.24, 2.45) is 0 Å². The van der Waals surface area contributed by atoms with Crippen LogP contribution in [0.1, 0.15) is 5.56 Å². The zero-order chi connectivity index (χ0) is 16.2. The fourth-order valence-electron chi connectivity index (χ4n) is 2.61. The Balaban J connectivity index is 2.07. The lowest BCUT2D eigenvalue weighted by Crippen LogP contribution is -2.05. The van der Waals surface area contributed by atoms with Crippen LogP contribution < -0.4 is 10.9 Å². The summed E-state index contributed by atoms with van der Waals surface area (Å²) in [5, 5.41) is 14.3. The van der Waals surface area contributed by atoms with E-state index in [9.17, 15) is 9.90 Å². The average molecular weight is 306 g/mol. The van der Waals surface area contributed by atoms with Gasteiger partial charge in [-0.25, -0.2) is 0 Å². The molecule has 3 rings (SSSR count). The van der Waals surface area contributed by atoms with Crippen molar-refractivity contribution >= 4 is 16.8 Å². The van der Waals surface area contributed by atoms with E-state index in [1.165, 1.54) is 0 Å². The fourth-order valence-corrected chi connectivity index (χ4v) is 2.61. The first kappa shape index (κ1) is 15.1. The number of rotatable bonds is 4. The Morgan fingerprint density at radius 2 is 1.96 bits per heavy atom. The van der Waals surface area contributed by atoms with E-state index >= 15 is 0 Å². The molecule has 1 heterocycles. The number of aromatic amines is 1. The van der Waals surface area contributed by atoms with Gasteiger partial charge in [0.25, 0.3) is 5.56 Å². The molecule has 0 aliphatic heterocycles. The first-order valence-electron chi connectivity index (χ1n) is 7.45. The molecule has 2 aromatic carbocycles. The van der Waals surface area contributed by atoms with Gasteiger partial charge in [-0.2, -0.15) is 0 Å². The maximum absolute atomic E-state index is 11.9. The molecule has 0 amide bonds. The summed E-state index contributed by atoms with van der Waals surface area (Å²) in [6, 6.07) is 13.0. The van der Waals surface area contributed by atoms with E-state index < -0.39 is 0 Å². The highest BCUT2D eigenvalue weighted by molar-refractivity contribution is 5.99. The van der Waals surface area contributed by atoms with Crippen molar-refractivity contribution in [3.63, 3.8) is 0 Å². The number of fused-ring (bicyclic) bond motifs is 1. The number of nitrogens with one attached hydrogen (secondary N) is 2. The normalized spacial score (nSPS) is 11.3. The second-order valence-corrected chi connectivity index (χ2v) is 5.31. The van der Waals surface area contributed by atoms with E-state index in [1.54, 1.807) is 24.4 Å². The largest absolute Gasteiger partial charge is 0.507 e. The molecule has 0 radical (unpaired) electrons. The van der Waals surface area contributed by atoms with Gasteiger partial charge >= 0.3 is 0 Å². The van der Waals surface area contributed by atoms with Gasteiger partial charge in [-0.15, -0.1) is 0 Å². The molecule has 4 heteroatoms. The Bertz CT molecular complexity index is 909. The quantitative estimate of drug-likeness (QED) is 0.694. The minimum absolute atomic E-state index is 0.113. The van der Waals surface area contributed by atoms with E-state index in [0.29, 0.717) is 10.8 Å². The van der Waals surface area contributed by atoms with Crippen LogP contribution in [0.15, 0.2) is 59.5 Å². The lowest BCUT2D eigenvalue weighted by molar-refractivity contribution is 0.481. The molecule has 3 N–H and O–H groups in total. The van der Waals surface area contributed by atoms with Gasteiger partial charge in [0, 0.05) is 23.7 Å². The number of likely N-dealkylation sites (N-methyl/N-ethyl adjacent to an activating group) is 1. The predicted octanol–water partition coefficient (Wildman–Crippen LogP) is 3.13. The Morgan fingerprint density at radius 1 is 1.17 bits per heavy atom. The Kier molecular flexibility index (Phi) is 4.26. The predicted molar refractivity (Wildman–Crippen MR) is 94.6 cm³/mol. The first-order chi connectivity index (χ1) is 11.2. The molecule has 0 fully saturated rings. The lowest BCUT2D eigenvalue weighted by atomic mass is 9.99. The number of aromatic hydroxyl groups is 1. The summed E-state index contributed by atoms with van der Waals surface area (Å²) < 4.78 is 0. The van der Waals surface area contributed by atoms with Crippen molar-refractivity contribution in [2.75, 3.05) is 13.6 Å². The number of phenolic OH excluding ortho intramolecular Hbond substituents is 1. The molecule has 4 nitrogen and oxygen atoms in total. The Labute approximate surface area is 134 Å². The van der Waals surface area contributed by atoms with Gasteiger partial charge < -0.3 is 15.4 Å². The van der Waals surface area contributed by atoms with Gasteiger partial charge in [-0.05, 0) is 30.3 Å². The molecule has 0 atom stereocenters. The number of H-pyrrole nitrogens is 1. The van der Waals surface area contributed by atoms with Crippen LogP contribution in [0.2, 0.25) is 0 Å². The van der Waals surface area contributed by atoms with E-state index in [2.05, 4.69) is 16.4 Å². The molecule has 23 heavy (non-hydrogen) atoms. The van der Waals surface area contributed by atoms with Crippen LogP contribution in [0.4, 0.5) is 0 Å². The number of benzene rings is 2. The van der Waals surface area contributed by atoms with Crippen molar-refractivity contribution in [1.82, 2.24) is 10.3 Å². The average Bonchev–Trinajstić information content (AvgIpc) is 2.57. The summed E-state index contributed by atoms with van der Waals surface area (Å²) in [6.07, 6.45) is 5.75. The van der Waals surface area contributed by atoms with Crippen LogP contribution in [0.3, 0.4) is 0 Å². The van der Waals surface area contributed by atoms with Crippen molar-refractivity contribution in [3.05, 3.63) is 70.7 Å². The maximum atomic E-state index is 11.9. The molecule has 0 aliphatic carbocycles. The highest BCUT2D eigenvalue weighted by atomic mass is 16.3. The Hall–Kier alpha value is -2.85. The molecule has 116 valence electrons. The van der Waals surface area contributed by atoms with Crippen molar-refractivity contribution in [1.29, 1.82) is 0 Å². The van der Waals surface area contributed by atoms with Crippen LogP contribution in [0, 0.1) is 0 Å². The van der Waals surface area contributed by atoms with Crippen LogP contribution in [0.25, 0.3) is 28.0 Å². The monoisotopic (exact) mass is 306 g/mol. The molecule has 3 aromatic rings. The van der Waals surface area contributed by atoms with Gasteiger partial charge in [0.15, 0.2) is 0 Å². The van der Waals surface area contributed by atoms with Crippen molar-refractivity contribution in [2.45, 2.75) is 0 Å². The highest BCUT2D eigenvalue weighted by Crippen LogP contribution is 2.32. The number of hydrogen-bond acceptors (Lipinski definition) is 3. The third-order valence-corrected chi connectivity index (χ3v) is 3.76. The number of aromatic nitrogens is 1. The molecule has 0 spiro atoms. The summed E-state index contributed by atoms with van der Waals surface area (Å²) >= 11 is 0. The summed E-state index contributed by atoms with van der Waals surface area (Å²) in [4.78, 5) is 14.7. The second kappa shape index (κ2) is 6.50. The first-order valence-corrected chi connectivity index (χ1v) is 7.45. The fraction of sp³-hybridized carbons (Fsp3) is 0.105. The molecule has 0 bridgehead atoms. The van der Waals surface area contributed by atoms with Crippen LogP contribution in [-0.4, -0.2) is 23.7 Å². The third kappa shape index (κ3) is 3.03. The molecule has 0 saturated heterocycles. The standard InChI is InChI=1S/C19H18N2O2/c1-20-11-3-4-13-7-9-14(10-8-13)16-12-21-19(23)15-5-2-6-17(22)18(15)16/h2-10,12,20,22H,11H2,1H3,(H,21,23)/b4-3+. The van der Waals surface area contributed by atoms with Crippen molar-refractivity contribution < 1.29 is 5.11 Å². The Morgan fingerprint density at radius 3 is 2.70 bits per heavy atom. The molecule has 0 aliphatic rings. The molecule has 0 saturated carbocycles. The van der Waals surface area contributed by atoms with Gasteiger partial charge in [-0.3, -0.25) is 4.79 Å². The highest BCUT2D eigenvalue weighted by Gasteiger charge is 2.10. The van der Waals surface area contributed by atoms with Gasteiger partial charge in [0.05, 0.1) is 5.39 Å². The summed E-state index contributed by atoms with van der Waals surface area (Å²) in [5.41, 5.74) is 2.65.